The van der Waals surface area contributed by atoms with E-state index in [-0.39, 0.29) is 0 Å². The lowest BCUT2D eigenvalue weighted by Crippen LogP contribution is -2.30. The van der Waals surface area contributed by atoms with Crippen molar-refractivity contribution in [3.8, 4) is 5.75 Å². The third-order valence-electron chi connectivity index (χ3n) is 3.69. The Balaban J connectivity index is 1.76. The average Bonchev–Trinajstić information content (AvgIpc) is 3.29. The third-order valence-corrected chi connectivity index (χ3v) is 3.69. The normalized spacial score (nSPS) is 14.7. The summed E-state index contributed by atoms with van der Waals surface area (Å²) in [5, 5.41) is 3.43. The molecule has 1 aliphatic carbocycles. The molecule has 0 amide bonds. The summed E-state index contributed by atoms with van der Waals surface area (Å²) in [6.45, 7) is 11.7. The van der Waals surface area contributed by atoms with E-state index in [2.05, 4.69) is 48.8 Å². The van der Waals surface area contributed by atoms with E-state index in [9.17, 15) is 0 Å². The second-order valence-corrected chi connectivity index (χ2v) is 6.05. The van der Waals surface area contributed by atoms with E-state index in [1.807, 2.05) is 12.1 Å². The molecular weight excluding hydrogens is 260 g/mol. The molecule has 1 aromatic carbocycles. The Morgan fingerprint density at radius 3 is 2.90 bits per heavy atom. The van der Waals surface area contributed by atoms with E-state index in [0.29, 0.717) is 6.04 Å². The summed E-state index contributed by atoms with van der Waals surface area (Å²) in [7, 11) is 0. The second kappa shape index (κ2) is 8.20. The van der Waals surface area contributed by atoms with Crippen molar-refractivity contribution in [2.75, 3.05) is 19.7 Å². The smallest absolute Gasteiger partial charge is 0.119 e. The minimum atomic E-state index is 0.501. The summed E-state index contributed by atoms with van der Waals surface area (Å²) in [4.78, 5) is 2.46. The van der Waals surface area contributed by atoms with Crippen LogP contribution in [0.3, 0.4) is 0 Å². The van der Waals surface area contributed by atoms with Gasteiger partial charge in [0.15, 0.2) is 0 Å². The van der Waals surface area contributed by atoms with Gasteiger partial charge in [-0.25, -0.2) is 0 Å². The highest BCUT2D eigenvalue weighted by atomic mass is 16.5. The molecule has 3 heteroatoms. The van der Waals surface area contributed by atoms with E-state index in [1.54, 1.807) is 0 Å². The Morgan fingerprint density at radius 2 is 2.24 bits per heavy atom. The van der Waals surface area contributed by atoms with Gasteiger partial charge < -0.3 is 10.1 Å². The molecule has 1 fully saturated rings. The second-order valence-electron chi connectivity index (χ2n) is 6.05. The highest BCUT2D eigenvalue weighted by molar-refractivity contribution is 5.28. The van der Waals surface area contributed by atoms with Gasteiger partial charge in [-0.3, -0.25) is 4.90 Å². The molecule has 1 aromatic rings. The maximum atomic E-state index is 5.90. The first-order valence-electron chi connectivity index (χ1n) is 7.99. The van der Waals surface area contributed by atoms with E-state index in [0.717, 1.165) is 38.0 Å². The zero-order chi connectivity index (χ0) is 15.1. The number of hydrogen-bond acceptors (Lipinski definition) is 3. The van der Waals surface area contributed by atoms with Crippen LogP contribution in [0, 0.1) is 0 Å². The Hall–Kier alpha value is -1.32. The number of ether oxygens (including phenoxy) is 1. The van der Waals surface area contributed by atoms with Crippen molar-refractivity contribution in [3.05, 3.63) is 42.5 Å². The molecule has 0 heterocycles. The standard InChI is InChI=1S/C18H28N2O/c1-4-10-20(17-8-9-17)11-12-21-18-7-5-6-16(13-18)14-19-15(2)3/h4-7,13,15,17,19H,1,8-12,14H2,2-3H3. The predicted octanol–water partition coefficient (Wildman–Crippen LogP) is 3.21. The maximum absolute atomic E-state index is 5.90. The van der Waals surface area contributed by atoms with Crippen LogP contribution in [0.4, 0.5) is 0 Å². The molecule has 0 aliphatic heterocycles. The van der Waals surface area contributed by atoms with E-state index >= 15 is 0 Å². The lowest BCUT2D eigenvalue weighted by Gasteiger charge is -2.20. The van der Waals surface area contributed by atoms with Gasteiger partial charge in [0.25, 0.3) is 0 Å². The van der Waals surface area contributed by atoms with Crippen LogP contribution < -0.4 is 10.1 Å². The first-order valence-corrected chi connectivity index (χ1v) is 7.99. The SMILES string of the molecule is C=CCN(CCOc1cccc(CNC(C)C)c1)C1CC1. The fraction of sp³-hybridized carbons (Fsp3) is 0.556. The number of nitrogens with one attached hydrogen (secondary N) is 1. The summed E-state index contributed by atoms with van der Waals surface area (Å²) < 4.78 is 5.90. The van der Waals surface area contributed by atoms with Crippen LogP contribution in [-0.2, 0) is 6.54 Å². The zero-order valence-electron chi connectivity index (χ0n) is 13.3. The van der Waals surface area contributed by atoms with Crippen LogP contribution in [0.5, 0.6) is 5.75 Å². The Morgan fingerprint density at radius 1 is 1.43 bits per heavy atom. The molecule has 21 heavy (non-hydrogen) atoms. The molecule has 1 aliphatic rings. The molecule has 0 radical (unpaired) electrons. The lowest BCUT2D eigenvalue weighted by molar-refractivity contribution is 0.216. The number of benzene rings is 1. The molecule has 3 nitrogen and oxygen atoms in total. The third kappa shape index (κ3) is 5.90. The van der Waals surface area contributed by atoms with Crippen LogP contribution in [0.15, 0.2) is 36.9 Å². The van der Waals surface area contributed by atoms with Gasteiger partial charge in [-0.2, -0.15) is 0 Å². The van der Waals surface area contributed by atoms with Gasteiger partial charge in [0.1, 0.15) is 12.4 Å². The molecule has 0 spiro atoms. The molecule has 0 atom stereocenters. The van der Waals surface area contributed by atoms with E-state index in [1.165, 1.54) is 18.4 Å². The molecule has 0 saturated heterocycles. The summed E-state index contributed by atoms with van der Waals surface area (Å²) in [6, 6.07) is 9.62. The lowest BCUT2D eigenvalue weighted by atomic mass is 10.2. The molecule has 0 bridgehead atoms. The van der Waals surface area contributed by atoms with Gasteiger partial charge in [-0.15, -0.1) is 6.58 Å². The van der Waals surface area contributed by atoms with Crippen molar-refractivity contribution in [3.63, 3.8) is 0 Å². The minimum absolute atomic E-state index is 0.501. The largest absolute Gasteiger partial charge is 0.492 e. The Kier molecular flexibility index (Phi) is 6.27. The van der Waals surface area contributed by atoms with Crippen molar-refractivity contribution >= 4 is 0 Å². The van der Waals surface area contributed by atoms with Crippen molar-refractivity contribution in [2.45, 2.75) is 45.3 Å². The molecule has 0 unspecified atom stereocenters. The van der Waals surface area contributed by atoms with Gasteiger partial charge in [0.05, 0.1) is 0 Å². The molecule has 2 rings (SSSR count). The first kappa shape index (κ1) is 16.1. The van der Waals surface area contributed by atoms with Gasteiger partial charge in [0.2, 0.25) is 0 Å². The van der Waals surface area contributed by atoms with Gasteiger partial charge >= 0.3 is 0 Å². The zero-order valence-corrected chi connectivity index (χ0v) is 13.3. The minimum Gasteiger partial charge on any atom is -0.492 e. The molecule has 0 aromatic heterocycles. The van der Waals surface area contributed by atoms with Gasteiger partial charge in [-0.05, 0) is 30.5 Å². The van der Waals surface area contributed by atoms with E-state index in [4.69, 9.17) is 4.74 Å². The van der Waals surface area contributed by atoms with Crippen LogP contribution in [0.2, 0.25) is 0 Å². The van der Waals surface area contributed by atoms with Crippen molar-refractivity contribution in [1.82, 2.24) is 10.2 Å². The molecule has 1 N–H and O–H groups in total. The summed E-state index contributed by atoms with van der Waals surface area (Å²) >= 11 is 0. The maximum Gasteiger partial charge on any atom is 0.119 e. The van der Waals surface area contributed by atoms with Crippen LogP contribution in [0.25, 0.3) is 0 Å². The molecular formula is C18H28N2O. The fourth-order valence-corrected chi connectivity index (χ4v) is 2.38. The monoisotopic (exact) mass is 288 g/mol. The highest BCUT2D eigenvalue weighted by Crippen LogP contribution is 2.26. The Bertz CT molecular complexity index is 441. The number of nitrogens with zero attached hydrogens (tertiary/aromatic N) is 1. The summed E-state index contributed by atoms with van der Waals surface area (Å²) in [6.07, 6.45) is 4.63. The topological polar surface area (TPSA) is 24.5 Å². The Labute approximate surface area is 129 Å². The van der Waals surface area contributed by atoms with Crippen molar-refractivity contribution < 1.29 is 4.74 Å². The first-order chi connectivity index (χ1) is 10.2. The van der Waals surface area contributed by atoms with Gasteiger partial charge in [0, 0.05) is 31.7 Å². The van der Waals surface area contributed by atoms with Crippen LogP contribution in [0.1, 0.15) is 32.3 Å². The van der Waals surface area contributed by atoms with Crippen molar-refractivity contribution in [1.29, 1.82) is 0 Å². The van der Waals surface area contributed by atoms with Crippen LogP contribution in [-0.4, -0.2) is 36.7 Å². The predicted molar refractivity (Wildman–Crippen MR) is 88.7 cm³/mol. The number of hydrogen-bond donors (Lipinski definition) is 1. The highest BCUT2D eigenvalue weighted by Gasteiger charge is 2.27. The molecule has 1 saturated carbocycles. The fourth-order valence-electron chi connectivity index (χ4n) is 2.38. The van der Waals surface area contributed by atoms with Crippen LogP contribution >= 0.6 is 0 Å². The van der Waals surface area contributed by atoms with E-state index < -0.39 is 0 Å². The average molecular weight is 288 g/mol. The number of rotatable bonds is 10. The van der Waals surface area contributed by atoms with Gasteiger partial charge in [-0.1, -0.05) is 32.1 Å². The summed E-state index contributed by atoms with van der Waals surface area (Å²) in [5.74, 6) is 0.965. The quantitative estimate of drug-likeness (QED) is 0.669. The molecule has 116 valence electrons. The summed E-state index contributed by atoms with van der Waals surface area (Å²) in [5.41, 5.74) is 1.27. The van der Waals surface area contributed by atoms with Crippen molar-refractivity contribution in [2.24, 2.45) is 0 Å².